The second-order valence-corrected chi connectivity index (χ2v) is 4.23. The lowest BCUT2D eigenvalue weighted by molar-refractivity contribution is 0.105. The number of halogens is 1. The number of hydrogen-bond donors (Lipinski definition) is 0. The SMILES string of the molecule is COc1ccc(Cl)cc1C(=O)C#Cc1ccccc1. The molecular formula is C16H11ClO2. The van der Waals surface area contributed by atoms with Crippen LogP contribution in [0.5, 0.6) is 5.75 Å². The highest BCUT2D eigenvalue weighted by atomic mass is 35.5. The Kier molecular flexibility index (Phi) is 4.22. The maximum absolute atomic E-state index is 12.0. The molecule has 2 aromatic carbocycles. The molecule has 0 atom stereocenters. The fourth-order valence-electron chi connectivity index (χ4n) is 1.58. The van der Waals surface area contributed by atoms with Crippen LogP contribution in [0.15, 0.2) is 48.5 Å². The molecule has 0 spiro atoms. The van der Waals surface area contributed by atoms with Gasteiger partial charge in [0.25, 0.3) is 0 Å². The third-order valence-electron chi connectivity index (χ3n) is 2.50. The van der Waals surface area contributed by atoms with Crippen LogP contribution >= 0.6 is 11.6 Å². The summed E-state index contributed by atoms with van der Waals surface area (Å²) in [6.45, 7) is 0. The summed E-state index contributed by atoms with van der Waals surface area (Å²) in [4.78, 5) is 12.0. The summed E-state index contributed by atoms with van der Waals surface area (Å²) in [6, 6.07) is 14.2. The molecule has 0 heterocycles. The predicted octanol–water partition coefficient (Wildman–Crippen LogP) is 3.58. The maximum atomic E-state index is 12.0. The minimum absolute atomic E-state index is 0.316. The molecule has 0 radical (unpaired) electrons. The van der Waals surface area contributed by atoms with Gasteiger partial charge in [-0.2, -0.15) is 0 Å². The van der Waals surface area contributed by atoms with Gasteiger partial charge in [0, 0.05) is 10.6 Å². The first kappa shape index (κ1) is 13.2. The molecule has 0 amide bonds. The van der Waals surface area contributed by atoms with Gasteiger partial charge in [0.2, 0.25) is 5.78 Å². The van der Waals surface area contributed by atoms with Crippen molar-refractivity contribution in [1.29, 1.82) is 0 Å². The van der Waals surface area contributed by atoms with Gasteiger partial charge in [0.1, 0.15) is 5.75 Å². The van der Waals surface area contributed by atoms with Crippen LogP contribution in [0.1, 0.15) is 15.9 Å². The Morgan fingerprint density at radius 3 is 2.58 bits per heavy atom. The first-order valence-corrected chi connectivity index (χ1v) is 6.03. The summed E-state index contributed by atoms with van der Waals surface area (Å²) in [5.74, 6) is 5.56. The lowest BCUT2D eigenvalue weighted by Gasteiger charge is -2.04. The number of rotatable bonds is 2. The molecule has 0 N–H and O–H groups in total. The smallest absolute Gasteiger partial charge is 0.240 e. The Balaban J connectivity index is 2.31. The normalized spacial score (nSPS) is 9.37. The molecule has 0 aliphatic carbocycles. The number of hydrogen-bond acceptors (Lipinski definition) is 2. The molecule has 0 saturated heterocycles. The molecule has 0 saturated carbocycles. The number of ether oxygens (including phenoxy) is 1. The standard InChI is InChI=1S/C16H11ClO2/c1-19-16-10-8-13(17)11-14(16)15(18)9-7-12-5-3-2-4-6-12/h2-6,8,10-11H,1H3. The highest BCUT2D eigenvalue weighted by Gasteiger charge is 2.10. The number of carbonyl (C=O) groups is 1. The van der Waals surface area contributed by atoms with Gasteiger partial charge in [-0.05, 0) is 36.3 Å². The van der Waals surface area contributed by atoms with Crippen molar-refractivity contribution in [1.82, 2.24) is 0 Å². The van der Waals surface area contributed by atoms with Crippen LogP contribution in [0.25, 0.3) is 0 Å². The monoisotopic (exact) mass is 270 g/mol. The van der Waals surface area contributed by atoms with Gasteiger partial charge < -0.3 is 4.74 Å². The summed E-state index contributed by atoms with van der Waals surface area (Å²) in [7, 11) is 1.50. The summed E-state index contributed by atoms with van der Waals surface area (Å²) in [5, 5.41) is 0.477. The average molecular weight is 271 g/mol. The Labute approximate surface area is 117 Å². The fraction of sp³-hybridized carbons (Fsp3) is 0.0625. The number of methoxy groups -OCH3 is 1. The highest BCUT2D eigenvalue weighted by molar-refractivity contribution is 6.31. The molecular weight excluding hydrogens is 260 g/mol. The van der Waals surface area contributed by atoms with Crippen LogP contribution in [0.3, 0.4) is 0 Å². The second-order valence-electron chi connectivity index (χ2n) is 3.79. The molecule has 2 aromatic rings. The van der Waals surface area contributed by atoms with E-state index in [-0.39, 0.29) is 5.78 Å². The molecule has 0 aromatic heterocycles. The number of ketones is 1. The molecule has 2 rings (SSSR count). The van der Waals surface area contributed by atoms with E-state index in [2.05, 4.69) is 11.8 Å². The van der Waals surface area contributed by atoms with Gasteiger partial charge in [-0.25, -0.2) is 0 Å². The minimum Gasteiger partial charge on any atom is -0.496 e. The predicted molar refractivity (Wildman–Crippen MR) is 75.7 cm³/mol. The van der Waals surface area contributed by atoms with Crippen molar-refractivity contribution < 1.29 is 9.53 Å². The lowest BCUT2D eigenvalue weighted by atomic mass is 10.1. The molecule has 0 unspecified atom stereocenters. The van der Waals surface area contributed by atoms with E-state index in [1.807, 2.05) is 30.3 Å². The Bertz CT molecular complexity index is 651. The molecule has 2 nitrogen and oxygen atoms in total. The summed E-state index contributed by atoms with van der Waals surface area (Å²) in [5.41, 5.74) is 1.16. The van der Waals surface area contributed by atoms with Crippen molar-refractivity contribution in [3.8, 4) is 17.6 Å². The van der Waals surface area contributed by atoms with Gasteiger partial charge in [0.15, 0.2) is 0 Å². The van der Waals surface area contributed by atoms with Crippen LogP contribution in [-0.2, 0) is 0 Å². The van der Waals surface area contributed by atoms with Crippen LogP contribution < -0.4 is 4.74 Å². The molecule has 0 aliphatic rings. The maximum Gasteiger partial charge on any atom is 0.240 e. The van der Waals surface area contributed by atoms with Crippen molar-refractivity contribution in [2.45, 2.75) is 0 Å². The molecule has 0 aliphatic heterocycles. The van der Waals surface area contributed by atoms with Gasteiger partial charge in [-0.3, -0.25) is 4.79 Å². The van der Waals surface area contributed by atoms with Crippen molar-refractivity contribution in [3.05, 3.63) is 64.7 Å². The zero-order chi connectivity index (χ0) is 13.7. The third kappa shape index (κ3) is 3.37. The average Bonchev–Trinajstić information content (AvgIpc) is 2.46. The Hall–Kier alpha value is -2.24. The van der Waals surface area contributed by atoms with Gasteiger partial charge in [-0.1, -0.05) is 35.7 Å². The van der Waals surface area contributed by atoms with E-state index >= 15 is 0 Å². The summed E-state index contributed by atoms with van der Waals surface area (Å²) < 4.78 is 5.13. The van der Waals surface area contributed by atoms with Crippen LogP contribution in [0.2, 0.25) is 5.02 Å². The van der Waals surface area contributed by atoms with Crippen LogP contribution in [-0.4, -0.2) is 12.9 Å². The Morgan fingerprint density at radius 1 is 1.16 bits per heavy atom. The van der Waals surface area contributed by atoms with Gasteiger partial charge in [-0.15, -0.1) is 0 Å². The van der Waals surface area contributed by atoms with Crippen LogP contribution in [0.4, 0.5) is 0 Å². The van der Waals surface area contributed by atoms with E-state index in [1.54, 1.807) is 18.2 Å². The zero-order valence-corrected chi connectivity index (χ0v) is 11.1. The van der Waals surface area contributed by atoms with Gasteiger partial charge in [0.05, 0.1) is 12.7 Å². The molecule has 3 heteroatoms. The summed E-state index contributed by atoms with van der Waals surface area (Å²) >= 11 is 5.88. The quantitative estimate of drug-likeness (QED) is 0.616. The molecule has 94 valence electrons. The Morgan fingerprint density at radius 2 is 1.89 bits per heavy atom. The lowest BCUT2D eigenvalue weighted by Crippen LogP contribution is -1.99. The van der Waals surface area contributed by atoms with Gasteiger partial charge >= 0.3 is 0 Å². The highest BCUT2D eigenvalue weighted by Crippen LogP contribution is 2.22. The topological polar surface area (TPSA) is 26.3 Å². The first-order valence-electron chi connectivity index (χ1n) is 5.65. The third-order valence-corrected chi connectivity index (χ3v) is 2.74. The van der Waals surface area contributed by atoms with E-state index in [9.17, 15) is 4.79 Å². The first-order chi connectivity index (χ1) is 9.20. The van der Waals surface area contributed by atoms with Crippen molar-refractivity contribution in [3.63, 3.8) is 0 Å². The van der Waals surface area contributed by atoms with Crippen LogP contribution in [0, 0.1) is 11.8 Å². The largest absolute Gasteiger partial charge is 0.496 e. The zero-order valence-electron chi connectivity index (χ0n) is 10.3. The van der Waals surface area contributed by atoms with E-state index in [0.717, 1.165) is 5.56 Å². The number of benzene rings is 2. The summed E-state index contributed by atoms with van der Waals surface area (Å²) in [6.07, 6.45) is 0. The molecule has 19 heavy (non-hydrogen) atoms. The van der Waals surface area contributed by atoms with E-state index < -0.39 is 0 Å². The van der Waals surface area contributed by atoms with E-state index in [0.29, 0.717) is 16.3 Å². The molecule has 0 fully saturated rings. The van der Waals surface area contributed by atoms with E-state index in [1.165, 1.54) is 7.11 Å². The van der Waals surface area contributed by atoms with Crippen molar-refractivity contribution in [2.24, 2.45) is 0 Å². The van der Waals surface area contributed by atoms with Crippen molar-refractivity contribution in [2.75, 3.05) is 7.11 Å². The van der Waals surface area contributed by atoms with E-state index in [4.69, 9.17) is 16.3 Å². The number of Topliss-reactive ketones (excluding diaryl/α,β-unsaturated/α-hetero) is 1. The molecule has 0 bridgehead atoms. The van der Waals surface area contributed by atoms with Crippen molar-refractivity contribution >= 4 is 17.4 Å². The number of carbonyl (C=O) groups excluding carboxylic acids is 1. The second kappa shape index (κ2) is 6.08. The fourth-order valence-corrected chi connectivity index (χ4v) is 1.75. The minimum atomic E-state index is -0.316.